The highest BCUT2D eigenvalue weighted by Gasteiger charge is 2.22. The van der Waals surface area contributed by atoms with Gasteiger partial charge in [0.15, 0.2) is 5.11 Å². The fourth-order valence-electron chi connectivity index (χ4n) is 2.50. The van der Waals surface area contributed by atoms with Crippen LogP contribution in [0.5, 0.6) is 0 Å². The third-order valence-corrected chi connectivity index (χ3v) is 3.80. The largest absolute Gasteiger partial charge is 0.378 e. The normalized spacial score (nSPS) is 19.7. The molecule has 1 amide bonds. The third-order valence-electron chi connectivity index (χ3n) is 3.59. The Balaban J connectivity index is 2.02. The van der Waals surface area contributed by atoms with Crippen LogP contribution in [0, 0.1) is 10.1 Å². The average Bonchev–Trinajstić information content (AvgIpc) is 2.85. The van der Waals surface area contributed by atoms with Crippen LogP contribution in [0.3, 0.4) is 0 Å². The number of ether oxygens (including phenoxy) is 1. The third kappa shape index (κ3) is 3.30. The molecule has 0 aromatic heterocycles. The highest BCUT2D eigenvalue weighted by molar-refractivity contribution is 7.80. The SMILES string of the molecule is O=C1NC(=S)NC1=Cc1cc([N+](=O)[O-])ccc1N1CCOCC1. The van der Waals surface area contributed by atoms with Crippen molar-refractivity contribution in [3.05, 3.63) is 39.6 Å². The summed E-state index contributed by atoms with van der Waals surface area (Å²) in [7, 11) is 0. The average molecular weight is 334 g/mol. The summed E-state index contributed by atoms with van der Waals surface area (Å²) in [6.45, 7) is 2.56. The van der Waals surface area contributed by atoms with E-state index in [1.807, 2.05) is 0 Å². The molecule has 0 spiro atoms. The maximum Gasteiger partial charge on any atom is 0.273 e. The molecule has 0 saturated carbocycles. The van der Waals surface area contributed by atoms with E-state index in [1.54, 1.807) is 12.1 Å². The van der Waals surface area contributed by atoms with E-state index in [2.05, 4.69) is 15.5 Å². The Bertz CT molecular complexity index is 713. The molecule has 2 aliphatic rings. The predicted octanol–water partition coefficient (Wildman–Crippen LogP) is 0.777. The maximum absolute atomic E-state index is 11.8. The summed E-state index contributed by atoms with van der Waals surface area (Å²) in [6.07, 6.45) is 1.58. The standard InChI is InChI=1S/C14H14N4O4S/c19-13-11(15-14(23)16-13)8-9-7-10(18(20)21)1-2-12(9)17-3-5-22-6-4-17/h1-2,7-8H,3-6H2,(H2,15,16,19,23). The lowest BCUT2D eigenvalue weighted by atomic mass is 10.1. The quantitative estimate of drug-likeness (QED) is 0.365. The molecular formula is C14H14N4O4S. The summed E-state index contributed by atoms with van der Waals surface area (Å²) in [4.78, 5) is 24.4. The van der Waals surface area contributed by atoms with Crippen LogP contribution in [0.4, 0.5) is 11.4 Å². The number of thiocarbonyl (C=S) groups is 1. The number of carbonyl (C=O) groups excluding carboxylic acids is 1. The van der Waals surface area contributed by atoms with E-state index in [0.29, 0.717) is 31.9 Å². The fraction of sp³-hybridized carbons (Fsp3) is 0.286. The minimum Gasteiger partial charge on any atom is -0.378 e. The van der Waals surface area contributed by atoms with Crippen LogP contribution < -0.4 is 15.5 Å². The van der Waals surface area contributed by atoms with Gasteiger partial charge in [-0.2, -0.15) is 0 Å². The van der Waals surface area contributed by atoms with E-state index in [-0.39, 0.29) is 22.4 Å². The Kier molecular flexibility index (Phi) is 4.22. The van der Waals surface area contributed by atoms with Crippen LogP contribution in [-0.4, -0.2) is 42.2 Å². The number of rotatable bonds is 3. The van der Waals surface area contributed by atoms with E-state index < -0.39 is 4.92 Å². The summed E-state index contributed by atoms with van der Waals surface area (Å²) in [5, 5.41) is 16.5. The number of nitrogens with zero attached hydrogens (tertiary/aromatic N) is 2. The number of anilines is 1. The number of nitro benzene ring substituents is 1. The van der Waals surface area contributed by atoms with Crippen LogP contribution in [0.25, 0.3) is 6.08 Å². The Hall–Kier alpha value is -2.52. The monoisotopic (exact) mass is 334 g/mol. The van der Waals surface area contributed by atoms with E-state index in [4.69, 9.17) is 17.0 Å². The Morgan fingerprint density at radius 2 is 2.04 bits per heavy atom. The molecule has 3 rings (SSSR count). The number of non-ortho nitro benzene ring substituents is 1. The first kappa shape index (κ1) is 15.4. The minimum atomic E-state index is -0.460. The van der Waals surface area contributed by atoms with E-state index in [9.17, 15) is 14.9 Å². The second-order valence-electron chi connectivity index (χ2n) is 5.07. The molecule has 2 heterocycles. The fourth-order valence-corrected chi connectivity index (χ4v) is 2.70. The van der Waals surface area contributed by atoms with Gasteiger partial charge in [-0.1, -0.05) is 0 Å². The van der Waals surface area contributed by atoms with Gasteiger partial charge in [0, 0.05) is 36.5 Å². The highest BCUT2D eigenvalue weighted by atomic mass is 32.1. The molecule has 2 aliphatic heterocycles. The van der Waals surface area contributed by atoms with Gasteiger partial charge in [0.2, 0.25) is 0 Å². The molecule has 120 valence electrons. The van der Waals surface area contributed by atoms with Crippen LogP contribution in [-0.2, 0) is 9.53 Å². The molecule has 0 bridgehead atoms. The van der Waals surface area contributed by atoms with Crippen LogP contribution in [0.1, 0.15) is 5.56 Å². The molecule has 2 saturated heterocycles. The van der Waals surface area contributed by atoms with E-state index in [1.165, 1.54) is 12.1 Å². The highest BCUT2D eigenvalue weighted by Crippen LogP contribution is 2.28. The smallest absolute Gasteiger partial charge is 0.273 e. The number of nitro groups is 1. The molecular weight excluding hydrogens is 320 g/mol. The van der Waals surface area contributed by atoms with Crippen molar-refractivity contribution in [1.82, 2.24) is 10.6 Å². The zero-order valence-electron chi connectivity index (χ0n) is 12.1. The van der Waals surface area contributed by atoms with Crippen molar-refractivity contribution in [2.75, 3.05) is 31.2 Å². The van der Waals surface area contributed by atoms with E-state index >= 15 is 0 Å². The molecule has 0 atom stereocenters. The van der Waals surface area contributed by atoms with Gasteiger partial charge in [-0.15, -0.1) is 0 Å². The number of hydrogen-bond acceptors (Lipinski definition) is 6. The van der Waals surface area contributed by atoms with Crippen LogP contribution in [0.2, 0.25) is 0 Å². The molecule has 2 fully saturated rings. The lowest BCUT2D eigenvalue weighted by Crippen LogP contribution is -2.36. The van der Waals surface area contributed by atoms with Crippen molar-refractivity contribution >= 4 is 40.7 Å². The first-order valence-corrected chi connectivity index (χ1v) is 7.40. The predicted molar refractivity (Wildman–Crippen MR) is 88.0 cm³/mol. The van der Waals surface area contributed by atoms with Gasteiger partial charge in [-0.25, -0.2) is 0 Å². The summed E-state index contributed by atoms with van der Waals surface area (Å²) < 4.78 is 5.33. The number of carbonyl (C=O) groups is 1. The molecule has 1 aromatic rings. The second-order valence-corrected chi connectivity index (χ2v) is 5.47. The summed E-state index contributed by atoms with van der Waals surface area (Å²) in [5.74, 6) is -0.352. The topological polar surface area (TPSA) is 96.7 Å². The van der Waals surface area contributed by atoms with Crippen molar-refractivity contribution in [3.8, 4) is 0 Å². The van der Waals surface area contributed by atoms with Crippen molar-refractivity contribution in [2.45, 2.75) is 0 Å². The van der Waals surface area contributed by atoms with Crippen molar-refractivity contribution in [2.24, 2.45) is 0 Å². The van der Waals surface area contributed by atoms with Crippen molar-refractivity contribution in [1.29, 1.82) is 0 Å². The maximum atomic E-state index is 11.8. The van der Waals surface area contributed by atoms with Crippen molar-refractivity contribution < 1.29 is 14.5 Å². The first-order valence-electron chi connectivity index (χ1n) is 7.00. The van der Waals surface area contributed by atoms with Gasteiger partial charge in [0.05, 0.1) is 18.1 Å². The van der Waals surface area contributed by atoms with Gasteiger partial charge in [0.25, 0.3) is 11.6 Å². The molecule has 1 aromatic carbocycles. The molecule has 0 aliphatic carbocycles. The van der Waals surface area contributed by atoms with Crippen molar-refractivity contribution in [3.63, 3.8) is 0 Å². The first-order chi connectivity index (χ1) is 11.0. The Labute approximate surface area is 137 Å². The zero-order chi connectivity index (χ0) is 16.4. The molecule has 0 unspecified atom stereocenters. The number of morpholine rings is 1. The second kappa shape index (κ2) is 6.31. The molecule has 9 heteroatoms. The Morgan fingerprint density at radius 3 is 2.65 bits per heavy atom. The molecule has 23 heavy (non-hydrogen) atoms. The van der Waals surface area contributed by atoms with Gasteiger partial charge >= 0.3 is 0 Å². The molecule has 8 nitrogen and oxygen atoms in total. The summed E-state index contributed by atoms with van der Waals surface area (Å²) in [5.41, 5.74) is 1.64. The molecule has 0 radical (unpaired) electrons. The number of benzene rings is 1. The number of nitrogens with one attached hydrogen (secondary N) is 2. The zero-order valence-corrected chi connectivity index (χ0v) is 12.9. The molecule has 2 N–H and O–H groups in total. The van der Waals surface area contributed by atoms with E-state index in [0.717, 1.165) is 5.69 Å². The van der Waals surface area contributed by atoms with Gasteiger partial charge in [-0.3, -0.25) is 20.2 Å². The Morgan fingerprint density at radius 1 is 1.30 bits per heavy atom. The van der Waals surface area contributed by atoms with Gasteiger partial charge in [0.1, 0.15) is 5.70 Å². The van der Waals surface area contributed by atoms with Gasteiger partial charge < -0.3 is 15.0 Å². The lowest BCUT2D eigenvalue weighted by molar-refractivity contribution is -0.384. The summed E-state index contributed by atoms with van der Waals surface area (Å²) in [6, 6.07) is 4.61. The van der Waals surface area contributed by atoms with Gasteiger partial charge in [-0.05, 0) is 24.4 Å². The number of amides is 1. The lowest BCUT2D eigenvalue weighted by Gasteiger charge is -2.30. The minimum absolute atomic E-state index is 0.0326. The summed E-state index contributed by atoms with van der Waals surface area (Å²) >= 11 is 4.90. The van der Waals surface area contributed by atoms with Crippen LogP contribution in [0.15, 0.2) is 23.9 Å². The number of hydrogen-bond donors (Lipinski definition) is 2. The van der Waals surface area contributed by atoms with Crippen LogP contribution >= 0.6 is 12.2 Å².